The maximum atomic E-state index is 12.8. The molecule has 124 valence electrons. The zero-order valence-corrected chi connectivity index (χ0v) is 12.7. The van der Waals surface area contributed by atoms with E-state index in [4.69, 9.17) is 4.74 Å². The van der Waals surface area contributed by atoms with Gasteiger partial charge in [0.25, 0.3) is 0 Å². The topological polar surface area (TPSA) is 79.5 Å². The number of hydrogen-bond donors (Lipinski definition) is 3. The van der Waals surface area contributed by atoms with Crippen molar-refractivity contribution in [3.8, 4) is 5.75 Å². The molecule has 2 aromatic carbocycles. The normalized spacial score (nSPS) is 15.1. The number of hydrogen-bond acceptors (Lipinski definition) is 3. The SMILES string of the molecule is O=C(CNC(=O)NC1COc2ccccc21)Nc1ccc(F)cc1. The number of fused-ring (bicyclic) bond motifs is 1. The minimum Gasteiger partial charge on any atom is -0.491 e. The minimum atomic E-state index is -0.463. The zero-order valence-electron chi connectivity index (χ0n) is 12.7. The van der Waals surface area contributed by atoms with Crippen molar-refractivity contribution >= 4 is 17.6 Å². The first-order chi connectivity index (χ1) is 11.6. The van der Waals surface area contributed by atoms with Crippen LogP contribution in [0, 0.1) is 5.82 Å². The highest BCUT2D eigenvalue weighted by Gasteiger charge is 2.25. The van der Waals surface area contributed by atoms with E-state index in [0.29, 0.717) is 12.3 Å². The van der Waals surface area contributed by atoms with Gasteiger partial charge in [-0.15, -0.1) is 0 Å². The van der Waals surface area contributed by atoms with Gasteiger partial charge in [0.15, 0.2) is 0 Å². The third-order valence-corrected chi connectivity index (χ3v) is 3.54. The molecule has 3 N–H and O–H groups in total. The number of ether oxygens (including phenoxy) is 1. The van der Waals surface area contributed by atoms with Gasteiger partial charge in [-0.05, 0) is 30.3 Å². The molecule has 2 aromatic rings. The number of benzene rings is 2. The fraction of sp³-hybridized carbons (Fsp3) is 0.176. The number of carbonyl (C=O) groups is 2. The summed E-state index contributed by atoms with van der Waals surface area (Å²) in [4.78, 5) is 23.7. The molecule has 0 saturated heterocycles. The van der Waals surface area contributed by atoms with Gasteiger partial charge in [0, 0.05) is 11.3 Å². The molecular formula is C17H16FN3O3. The van der Waals surface area contributed by atoms with E-state index in [-0.39, 0.29) is 18.4 Å². The Morgan fingerprint density at radius 3 is 2.67 bits per heavy atom. The van der Waals surface area contributed by atoms with Gasteiger partial charge in [-0.25, -0.2) is 9.18 Å². The number of nitrogens with one attached hydrogen (secondary N) is 3. The Kier molecular flexibility index (Phi) is 4.60. The highest BCUT2D eigenvalue weighted by molar-refractivity contribution is 5.94. The number of halogens is 1. The van der Waals surface area contributed by atoms with E-state index in [9.17, 15) is 14.0 Å². The van der Waals surface area contributed by atoms with Crippen LogP contribution < -0.4 is 20.7 Å². The van der Waals surface area contributed by atoms with E-state index in [2.05, 4.69) is 16.0 Å². The molecule has 6 nitrogen and oxygen atoms in total. The van der Waals surface area contributed by atoms with Crippen LogP contribution in [0.25, 0.3) is 0 Å². The molecule has 1 unspecified atom stereocenters. The summed E-state index contributed by atoms with van der Waals surface area (Å²) >= 11 is 0. The Morgan fingerprint density at radius 1 is 1.12 bits per heavy atom. The molecule has 1 aliphatic heterocycles. The van der Waals surface area contributed by atoms with Crippen molar-refractivity contribution in [1.82, 2.24) is 10.6 Å². The summed E-state index contributed by atoms with van der Waals surface area (Å²) in [5.74, 6) is -0.0405. The second-order valence-electron chi connectivity index (χ2n) is 5.28. The first kappa shape index (κ1) is 15.8. The van der Waals surface area contributed by atoms with Crippen molar-refractivity contribution in [3.05, 3.63) is 59.9 Å². The molecule has 1 heterocycles. The van der Waals surface area contributed by atoms with E-state index in [1.807, 2.05) is 24.3 Å². The second kappa shape index (κ2) is 6.99. The molecule has 0 aliphatic carbocycles. The molecule has 3 rings (SSSR count). The Labute approximate surface area is 138 Å². The molecule has 1 aliphatic rings. The van der Waals surface area contributed by atoms with Gasteiger partial charge in [0.2, 0.25) is 5.91 Å². The molecule has 0 aromatic heterocycles. The lowest BCUT2D eigenvalue weighted by Crippen LogP contribution is -2.42. The molecule has 0 fully saturated rings. The summed E-state index contributed by atoms with van der Waals surface area (Å²) in [6, 6.07) is 12.1. The fourth-order valence-electron chi connectivity index (χ4n) is 2.39. The minimum absolute atomic E-state index is 0.196. The molecule has 3 amide bonds. The summed E-state index contributed by atoms with van der Waals surface area (Å²) in [6.07, 6.45) is 0. The highest BCUT2D eigenvalue weighted by atomic mass is 19.1. The molecule has 7 heteroatoms. The highest BCUT2D eigenvalue weighted by Crippen LogP contribution is 2.31. The van der Waals surface area contributed by atoms with Crippen LogP contribution in [0.2, 0.25) is 0 Å². The summed E-state index contributed by atoms with van der Waals surface area (Å²) in [6.45, 7) is 0.160. The van der Waals surface area contributed by atoms with E-state index in [1.165, 1.54) is 24.3 Å². The predicted molar refractivity (Wildman–Crippen MR) is 86.2 cm³/mol. The number of anilines is 1. The largest absolute Gasteiger partial charge is 0.491 e. The van der Waals surface area contributed by atoms with Crippen LogP contribution in [0.5, 0.6) is 5.75 Å². The summed E-state index contributed by atoms with van der Waals surface area (Å²) in [7, 11) is 0. The van der Waals surface area contributed by atoms with Crippen LogP contribution in [0.4, 0.5) is 14.9 Å². The van der Waals surface area contributed by atoms with Gasteiger partial charge in [0.1, 0.15) is 18.2 Å². The van der Waals surface area contributed by atoms with Crippen LogP contribution in [0.3, 0.4) is 0 Å². The van der Waals surface area contributed by atoms with Crippen molar-refractivity contribution < 1.29 is 18.7 Å². The smallest absolute Gasteiger partial charge is 0.315 e. The van der Waals surface area contributed by atoms with E-state index in [1.54, 1.807) is 0 Å². The van der Waals surface area contributed by atoms with Crippen LogP contribution >= 0.6 is 0 Å². The van der Waals surface area contributed by atoms with Crippen LogP contribution in [0.15, 0.2) is 48.5 Å². The third kappa shape index (κ3) is 3.81. The molecular weight excluding hydrogens is 313 g/mol. The van der Waals surface area contributed by atoms with Gasteiger partial charge in [0.05, 0.1) is 12.6 Å². The van der Waals surface area contributed by atoms with Crippen molar-refractivity contribution in [3.63, 3.8) is 0 Å². The monoisotopic (exact) mass is 329 g/mol. The first-order valence-electron chi connectivity index (χ1n) is 7.43. The van der Waals surface area contributed by atoms with Gasteiger partial charge in [-0.3, -0.25) is 4.79 Å². The second-order valence-corrected chi connectivity index (χ2v) is 5.28. The quantitative estimate of drug-likeness (QED) is 0.804. The average molecular weight is 329 g/mol. The van der Waals surface area contributed by atoms with Crippen molar-refractivity contribution in [2.75, 3.05) is 18.5 Å². The number of carbonyl (C=O) groups excluding carboxylic acids is 2. The number of para-hydroxylation sites is 1. The Hall–Kier alpha value is -3.09. The van der Waals surface area contributed by atoms with Crippen LogP contribution in [-0.4, -0.2) is 25.1 Å². The molecule has 0 spiro atoms. The molecule has 0 radical (unpaired) electrons. The van der Waals surface area contributed by atoms with Gasteiger partial charge < -0.3 is 20.7 Å². The maximum Gasteiger partial charge on any atom is 0.315 e. The summed E-state index contributed by atoms with van der Waals surface area (Å²) < 4.78 is 18.3. The lowest BCUT2D eigenvalue weighted by atomic mass is 10.1. The van der Waals surface area contributed by atoms with Crippen LogP contribution in [0.1, 0.15) is 11.6 Å². The lowest BCUT2D eigenvalue weighted by molar-refractivity contribution is -0.115. The molecule has 24 heavy (non-hydrogen) atoms. The number of rotatable bonds is 4. The number of amides is 3. The Bertz CT molecular complexity index is 749. The molecule has 0 saturated carbocycles. The molecule has 0 bridgehead atoms. The van der Waals surface area contributed by atoms with Crippen LogP contribution in [-0.2, 0) is 4.79 Å². The lowest BCUT2D eigenvalue weighted by Gasteiger charge is -2.13. The van der Waals surface area contributed by atoms with Gasteiger partial charge in [-0.1, -0.05) is 18.2 Å². The standard InChI is InChI=1S/C17H16FN3O3/c18-11-5-7-12(8-6-11)20-16(22)9-19-17(23)21-14-10-24-15-4-2-1-3-13(14)15/h1-8,14H,9-10H2,(H,20,22)(H2,19,21,23). The first-order valence-corrected chi connectivity index (χ1v) is 7.43. The third-order valence-electron chi connectivity index (χ3n) is 3.54. The van der Waals surface area contributed by atoms with Gasteiger partial charge >= 0.3 is 6.03 Å². The van der Waals surface area contributed by atoms with E-state index >= 15 is 0 Å². The van der Waals surface area contributed by atoms with E-state index in [0.717, 1.165) is 11.3 Å². The average Bonchev–Trinajstić information content (AvgIpc) is 2.98. The van der Waals surface area contributed by atoms with Crippen molar-refractivity contribution in [2.45, 2.75) is 6.04 Å². The maximum absolute atomic E-state index is 12.8. The summed E-state index contributed by atoms with van der Waals surface area (Å²) in [5, 5.41) is 7.80. The Balaban J connectivity index is 1.46. The van der Waals surface area contributed by atoms with Crippen molar-refractivity contribution in [1.29, 1.82) is 0 Å². The number of urea groups is 1. The van der Waals surface area contributed by atoms with E-state index < -0.39 is 11.9 Å². The predicted octanol–water partition coefficient (Wildman–Crippen LogP) is 2.20. The summed E-state index contributed by atoms with van der Waals surface area (Å²) in [5.41, 5.74) is 1.37. The Morgan fingerprint density at radius 2 is 1.88 bits per heavy atom. The van der Waals surface area contributed by atoms with Gasteiger partial charge in [-0.2, -0.15) is 0 Å². The zero-order chi connectivity index (χ0) is 16.9. The fourth-order valence-corrected chi connectivity index (χ4v) is 2.39. The molecule has 1 atom stereocenters. The van der Waals surface area contributed by atoms with Crippen molar-refractivity contribution in [2.24, 2.45) is 0 Å².